The lowest BCUT2D eigenvalue weighted by molar-refractivity contribution is -0.137. The van der Waals surface area contributed by atoms with Gasteiger partial charge < -0.3 is 0 Å². The summed E-state index contributed by atoms with van der Waals surface area (Å²) in [5, 5.41) is 0. The fraction of sp³-hybridized carbons (Fsp3) is 0.458. The van der Waals surface area contributed by atoms with Crippen molar-refractivity contribution < 1.29 is 18.0 Å². The van der Waals surface area contributed by atoms with Crippen LogP contribution in [0.5, 0.6) is 0 Å². The first-order valence-electron chi connectivity index (χ1n) is 10.4. The summed E-state index contributed by atoms with van der Waals surface area (Å²) >= 11 is 0. The molecule has 2 aliphatic heterocycles. The van der Waals surface area contributed by atoms with E-state index >= 15 is 0 Å². The molecule has 0 amide bonds. The molecule has 0 spiro atoms. The van der Waals surface area contributed by atoms with Crippen LogP contribution in [0.1, 0.15) is 48.8 Å². The van der Waals surface area contributed by atoms with E-state index < -0.39 is 11.7 Å². The van der Waals surface area contributed by atoms with E-state index in [0.29, 0.717) is 17.6 Å². The Kier molecular flexibility index (Phi) is 5.77. The summed E-state index contributed by atoms with van der Waals surface area (Å²) in [7, 11) is 0. The van der Waals surface area contributed by atoms with Crippen LogP contribution in [-0.2, 0) is 23.9 Å². The van der Waals surface area contributed by atoms with Crippen molar-refractivity contribution in [3.05, 3.63) is 71.3 Å². The second-order valence-corrected chi connectivity index (χ2v) is 8.41. The number of Topliss-reactive ketones (excluding diaryl/α,β-unsaturated/α-hetero) is 1. The van der Waals surface area contributed by atoms with Gasteiger partial charge in [-0.15, -0.1) is 0 Å². The lowest BCUT2D eigenvalue weighted by Crippen LogP contribution is -2.52. The Hall–Kier alpha value is -2.14. The molecule has 0 aromatic heterocycles. The van der Waals surface area contributed by atoms with Gasteiger partial charge in [0, 0.05) is 31.0 Å². The minimum Gasteiger partial charge on any atom is -0.299 e. The van der Waals surface area contributed by atoms with E-state index in [4.69, 9.17) is 0 Å². The molecule has 0 N–H and O–H groups in total. The molecule has 2 unspecified atom stereocenters. The standard InChI is InChI=1S/C24H26F3NO/c25-24(26,27)20-9-4-8-18(12-20)13-23(29)19-14-21-10-5-11-22(15-19)28(21)16-17-6-2-1-3-7-17/h1-4,6-9,12,19,21-22H,5,10-11,13-16H2. The number of benzene rings is 2. The largest absolute Gasteiger partial charge is 0.416 e. The molecule has 0 saturated carbocycles. The van der Waals surface area contributed by atoms with Crippen molar-refractivity contribution in [3.63, 3.8) is 0 Å². The lowest BCUT2D eigenvalue weighted by atomic mass is 9.75. The maximum atomic E-state index is 12.9. The molecule has 29 heavy (non-hydrogen) atoms. The normalized spacial score (nSPS) is 25.0. The van der Waals surface area contributed by atoms with Crippen LogP contribution in [0.4, 0.5) is 13.2 Å². The molecule has 2 heterocycles. The van der Waals surface area contributed by atoms with Crippen molar-refractivity contribution in [1.82, 2.24) is 4.90 Å². The first-order valence-corrected chi connectivity index (χ1v) is 10.4. The van der Waals surface area contributed by atoms with Gasteiger partial charge in [-0.25, -0.2) is 0 Å². The Balaban J connectivity index is 1.43. The van der Waals surface area contributed by atoms with E-state index in [0.717, 1.165) is 44.4 Å². The minimum absolute atomic E-state index is 0.0492. The van der Waals surface area contributed by atoms with Gasteiger partial charge in [-0.3, -0.25) is 9.69 Å². The van der Waals surface area contributed by atoms with E-state index in [1.807, 2.05) is 6.07 Å². The monoisotopic (exact) mass is 401 g/mol. The first-order chi connectivity index (χ1) is 13.9. The third-order valence-corrected chi connectivity index (χ3v) is 6.42. The smallest absolute Gasteiger partial charge is 0.299 e. The molecule has 2 aromatic rings. The summed E-state index contributed by atoms with van der Waals surface area (Å²) < 4.78 is 38.8. The van der Waals surface area contributed by atoms with Gasteiger partial charge in [-0.2, -0.15) is 13.2 Å². The van der Waals surface area contributed by atoms with E-state index in [9.17, 15) is 18.0 Å². The maximum Gasteiger partial charge on any atom is 0.416 e. The topological polar surface area (TPSA) is 20.3 Å². The van der Waals surface area contributed by atoms with Crippen molar-refractivity contribution in [2.75, 3.05) is 0 Å². The molecular formula is C24H26F3NO. The Morgan fingerprint density at radius 2 is 1.59 bits per heavy atom. The molecule has 2 aromatic carbocycles. The number of hydrogen-bond acceptors (Lipinski definition) is 2. The van der Waals surface area contributed by atoms with Crippen LogP contribution < -0.4 is 0 Å². The third kappa shape index (κ3) is 4.72. The molecule has 4 rings (SSSR count). The van der Waals surface area contributed by atoms with E-state index in [-0.39, 0.29) is 18.1 Å². The molecule has 2 nitrogen and oxygen atoms in total. The molecule has 5 heteroatoms. The Morgan fingerprint density at radius 1 is 0.931 bits per heavy atom. The second kappa shape index (κ2) is 8.31. The van der Waals surface area contributed by atoms with Gasteiger partial charge in [0.25, 0.3) is 0 Å². The average Bonchev–Trinajstić information content (AvgIpc) is 2.68. The number of ketones is 1. The molecule has 2 fully saturated rings. The van der Waals surface area contributed by atoms with Gasteiger partial charge in [0.1, 0.15) is 5.78 Å². The van der Waals surface area contributed by atoms with Crippen molar-refractivity contribution in [3.8, 4) is 0 Å². The maximum absolute atomic E-state index is 12.9. The van der Waals surface area contributed by atoms with Gasteiger partial charge in [0.15, 0.2) is 0 Å². The average molecular weight is 401 g/mol. The molecule has 0 aliphatic carbocycles. The van der Waals surface area contributed by atoms with Crippen molar-refractivity contribution in [2.45, 2.75) is 63.3 Å². The third-order valence-electron chi connectivity index (χ3n) is 6.42. The summed E-state index contributed by atoms with van der Waals surface area (Å²) in [5.74, 6) is 0.0347. The number of hydrogen-bond donors (Lipinski definition) is 0. The summed E-state index contributed by atoms with van der Waals surface area (Å²) in [6.07, 6.45) is 0.732. The number of carbonyl (C=O) groups is 1. The summed E-state index contributed by atoms with van der Waals surface area (Å²) in [6, 6.07) is 16.4. The Bertz CT molecular complexity index is 835. The fourth-order valence-electron chi connectivity index (χ4n) is 5.00. The van der Waals surface area contributed by atoms with E-state index in [1.165, 1.54) is 18.1 Å². The number of piperidine rings is 2. The highest BCUT2D eigenvalue weighted by molar-refractivity contribution is 5.83. The number of rotatable bonds is 5. The second-order valence-electron chi connectivity index (χ2n) is 8.41. The predicted molar refractivity (Wildman–Crippen MR) is 106 cm³/mol. The SMILES string of the molecule is O=C(Cc1cccc(C(F)(F)F)c1)C1CC2CCCC(C1)N2Cc1ccccc1. The highest BCUT2D eigenvalue weighted by Gasteiger charge is 2.40. The number of halogens is 3. The summed E-state index contributed by atoms with van der Waals surface area (Å²) in [5.41, 5.74) is 1.07. The molecule has 2 saturated heterocycles. The van der Waals surface area contributed by atoms with Crippen LogP contribution in [0.3, 0.4) is 0 Å². The van der Waals surface area contributed by atoms with Crippen LogP contribution in [0.2, 0.25) is 0 Å². The van der Waals surface area contributed by atoms with Crippen LogP contribution >= 0.6 is 0 Å². The van der Waals surface area contributed by atoms with Gasteiger partial charge >= 0.3 is 6.18 Å². The van der Waals surface area contributed by atoms with E-state index in [2.05, 4.69) is 29.2 Å². The predicted octanol–water partition coefficient (Wildman–Crippen LogP) is 5.65. The Labute approximate surface area is 169 Å². The van der Waals surface area contributed by atoms with Gasteiger partial charge in [-0.1, -0.05) is 55.0 Å². The molecular weight excluding hydrogens is 375 g/mol. The molecule has 0 radical (unpaired) electrons. The zero-order valence-electron chi connectivity index (χ0n) is 16.4. The van der Waals surface area contributed by atoms with Crippen LogP contribution in [0, 0.1) is 5.92 Å². The quantitative estimate of drug-likeness (QED) is 0.645. The van der Waals surface area contributed by atoms with E-state index in [1.54, 1.807) is 6.07 Å². The lowest BCUT2D eigenvalue weighted by Gasteiger charge is -2.48. The van der Waals surface area contributed by atoms with Crippen molar-refractivity contribution >= 4 is 5.78 Å². The van der Waals surface area contributed by atoms with Gasteiger partial charge in [-0.05, 0) is 42.9 Å². The number of carbonyl (C=O) groups excluding carboxylic acids is 1. The zero-order valence-corrected chi connectivity index (χ0v) is 16.4. The zero-order chi connectivity index (χ0) is 20.4. The number of alkyl halides is 3. The van der Waals surface area contributed by atoms with Crippen molar-refractivity contribution in [1.29, 1.82) is 0 Å². The van der Waals surface area contributed by atoms with Crippen molar-refractivity contribution in [2.24, 2.45) is 5.92 Å². The summed E-state index contributed by atoms with van der Waals surface area (Å²) in [4.78, 5) is 15.5. The van der Waals surface area contributed by atoms with Gasteiger partial charge in [0.2, 0.25) is 0 Å². The first kappa shape index (κ1) is 20.1. The fourth-order valence-corrected chi connectivity index (χ4v) is 5.00. The van der Waals surface area contributed by atoms with Gasteiger partial charge in [0.05, 0.1) is 5.56 Å². The number of nitrogens with zero attached hydrogens (tertiary/aromatic N) is 1. The highest BCUT2D eigenvalue weighted by atomic mass is 19.4. The molecule has 2 aliphatic rings. The highest BCUT2D eigenvalue weighted by Crippen LogP contribution is 2.39. The minimum atomic E-state index is -4.38. The van der Waals surface area contributed by atoms with Crippen LogP contribution in [-0.4, -0.2) is 22.8 Å². The van der Waals surface area contributed by atoms with Crippen LogP contribution in [0.15, 0.2) is 54.6 Å². The summed E-state index contributed by atoms with van der Waals surface area (Å²) in [6.45, 7) is 0.907. The molecule has 2 atom stereocenters. The van der Waals surface area contributed by atoms with Crippen LogP contribution in [0.25, 0.3) is 0 Å². The molecule has 154 valence electrons. The number of fused-ring (bicyclic) bond motifs is 2. The molecule has 2 bridgehead atoms. The Morgan fingerprint density at radius 3 is 2.24 bits per heavy atom.